The van der Waals surface area contributed by atoms with Gasteiger partial charge in [0.1, 0.15) is 5.01 Å². The molecular formula is C14H19N3O2S. The summed E-state index contributed by atoms with van der Waals surface area (Å²) in [6, 6.07) is 0.340. The summed E-state index contributed by atoms with van der Waals surface area (Å²) >= 11 is 1.58. The first-order valence-corrected chi connectivity index (χ1v) is 7.62. The number of ether oxygens (including phenoxy) is 1. The maximum absolute atomic E-state index is 11.3. The summed E-state index contributed by atoms with van der Waals surface area (Å²) in [6.07, 6.45) is 4.82. The molecule has 0 aromatic carbocycles. The van der Waals surface area contributed by atoms with Crippen molar-refractivity contribution in [3.05, 3.63) is 23.5 Å². The Morgan fingerprint density at radius 1 is 1.50 bits per heavy atom. The molecule has 0 amide bonds. The average Bonchev–Trinajstić information content (AvgIpc) is 3.05. The number of thiazole rings is 1. The third-order valence-electron chi connectivity index (χ3n) is 2.82. The Bertz CT molecular complexity index is 574. The predicted molar refractivity (Wildman–Crippen MR) is 78.7 cm³/mol. The van der Waals surface area contributed by atoms with Gasteiger partial charge in [-0.2, -0.15) is 5.10 Å². The highest BCUT2D eigenvalue weighted by atomic mass is 32.1. The monoisotopic (exact) mass is 293 g/mol. The van der Waals surface area contributed by atoms with Crippen molar-refractivity contribution in [2.24, 2.45) is 0 Å². The van der Waals surface area contributed by atoms with Crippen LogP contribution >= 0.6 is 11.3 Å². The molecule has 0 N–H and O–H groups in total. The van der Waals surface area contributed by atoms with Gasteiger partial charge in [-0.15, -0.1) is 11.3 Å². The fourth-order valence-electron chi connectivity index (χ4n) is 1.75. The highest BCUT2D eigenvalue weighted by molar-refractivity contribution is 7.13. The number of aromatic nitrogens is 3. The summed E-state index contributed by atoms with van der Waals surface area (Å²) in [6.45, 7) is 6.41. The molecule has 0 aliphatic heterocycles. The molecule has 0 spiro atoms. The molecule has 0 fully saturated rings. The number of aryl methyl sites for hydroxylation is 1. The Balaban J connectivity index is 1.99. The van der Waals surface area contributed by atoms with Crippen molar-refractivity contribution in [1.29, 1.82) is 0 Å². The van der Waals surface area contributed by atoms with Crippen molar-refractivity contribution in [3.63, 3.8) is 0 Å². The molecule has 0 aliphatic rings. The number of carbonyl (C=O) groups excluding carboxylic acids is 1. The smallest absolute Gasteiger partial charge is 0.306 e. The van der Waals surface area contributed by atoms with Crippen molar-refractivity contribution < 1.29 is 9.53 Å². The van der Waals surface area contributed by atoms with Gasteiger partial charge < -0.3 is 4.74 Å². The van der Waals surface area contributed by atoms with E-state index in [1.807, 2.05) is 29.4 Å². The number of rotatable bonds is 6. The second-order valence-electron chi connectivity index (χ2n) is 4.75. The lowest BCUT2D eigenvalue weighted by Crippen LogP contribution is -2.05. The minimum Gasteiger partial charge on any atom is -0.466 e. The molecular weight excluding hydrogens is 274 g/mol. The van der Waals surface area contributed by atoms with Crippen molar-refractivity contribution in [1.82, 2.24) is 14.8 Å². The van der Waals surface area contributed by atoms with Crippen molar-refractivity contribution in [2.75, 3.05) is 6.61 Å². The summed E-state index contributed by atoms with van der Waals surface area (Å²) in [5.74, 6) is -0.172. The quantitative estimate of drug-likeness (QED) is 0.768. The van der Waals surface area contributed by atoms with E-state index >= 15 is 0 Å². The normalized spacial score (nSPS) is 11.0. The van der Waals surface area contributed by atoms with Gasteiger partial charge in [0.05, 0.1) is 24.9 Å². The zero-order chi connectivity index (χ0) is 14.5. The molecule has 5 nitrogen and oxygen atoms in total. The van der Waals surface area contributed by atoms with Gasteiger partial charge in [-0.25, -0.2) is 4.98 Å². The van der Waals surface area contributed by atoms with Crippen LogP contribution in [0.15, 0.2) is 17.8 Å². The van der Waals surface area contributed by atoms with Crippen LogP contribution in [0.2, 0.25) is 0 Å². The Morgan fingerprint density at radius 3 is 2.95 bits per heavy atom. The first kappa shape index (κ1) is 14.7. The Hall–Kier alpha value is -1.69. The molecule has 2 rings (SSSR count). The van der Waals surface area contributed by atoms with E-state index < -0.39 is 0 Å². The molecule has 2 aromatic heterocycles. The van der Waals surface area contributed by atoms with Crippen molar-refractivity contribution >= 4 is 17.3 Å². The van der Waals surface area contributed by atoms with Crippen LogP contribution in [0, 0.1) is 0 Å². The van der Waals surface area contributed by atoms with Gasteiger partial charge in [0.2, 0.25) is 0 Å². The maximum atomic E-state index is 11.3. The molecule has 0 unspecified atom stereocenters. The third kappa shape index (κ3) is 3.66. The number of hydrogen-bond acceptors (Lipinski definition) is 5. The van der Waals surface area contributed by atoms with Gasteiger partial charge in [0.25, 0.3) is 0 Å². The topological polar surface area (TPSA) is 57.0 Å². The fourth-order valence-corrected chi connectivity index (χ4v) is 2.58. The molecule has 2 heterocycles. The lowest BCUT2D eigenvalue weighted by atomic mass is 10.2. The van der Waals surface area contributed by atoms with E-state index in [-0.39, 0.29) is 5.97 Å². The summed E-state index contributed by atoms with van der Waals surface area (Å²) in [5, 5.41) is 7.24. The second-order valence-corrected chi connectivity index (χ2v) is 5.61. The summed E-state index contributed by atoms with van der Waals surface area (Å²) in [4.78, 5) is 15.9. The van der Waals surface area contributed by atoms with Gasteiger partial charge in [0.15, 0.2) is 0 Å². The predicted octanol–water partition coefficient (Wildman–Crippen LogP) is 3.08. The Morgan fingerprint density at radius 2 is 2.30 bits per heavy atom. The summed E-state index contributed by atoms with van der Waals surface area (Å²) in [5.41, 5.74) is 1.95. The molecule has 20 heavy (non-hydrogen) atoms. The van der Waals surface area contributed by atoms with E-state index in [0.717, 1.165) is 16.3 Å². The molecule has 0 aliphatic carbocycles. The number of carbonyl (C=O) groups is 1. The minimum absolute atomic E-state index is 0.172. The van der Waals surface area contributed by atoms with E-state index in [4.69, 9.17) is 4.74 Å². The molecule has 0 bridgehead atoms. The third-order valence-corrected chi connectivity index (χ3v) is 3.76. The lowest BCUT2D eigenvalue weighted by molar-refractivity contribution is -0.143. The van der Waals surface area contributed by atoms with E-state index in [2.05, 4.69) is 23.9 Å². The Labute approximate surface area is 122 Å². The van der Waals surface area contributed by atoms with Crippen LogP contribution in [0.4, 0.5) is 0 Å². The first-order valence-electron chi connectivity index (χ1n) is 6.74. The van der Waals surface area contributed by atoms with Crippen molar-refractivity contribution in [3.8, 4) is 10.6 Å². The molecule has 2 aromatic rings. The van der Waals surface area contributed by atoms with Crippen LogP contribution in [0.3, 0.4) is 0 Å². The molecule has 0 saturated heterocycles. The van der Waals surface area contributed by atoms with Gasteiger partial charge in [-0.1, -0.05) is 0 Å². The molecule has 0 atom stereocenters. The standard InChI is InChI=1S/C14H19N3O2S/c1-4-19-13(18)6-5-12-9-20-14(16-12)11-7-15-17(8-11)10(2)3/h7-10H,4-6H2,1-3H3. The SMILES string of the molecule is CCOC(=O)CCc1csc(-c2cnn(C(C)C)c2)n1. The van der Waals surface area contributed by atoms with E-state index in [0.29, 0.717) is 25.5 Å². The van der Waals surface area contributed by atoms with Crippen LogP contribution in [0.5, 0.6) is 0 Å². The number of hydrogen-bond donors (Lipinski definition) is 0. The van der Waals surface area contributed by atoms with Crippen LogP contribution < -0.4 is 0 Å². The minimum atomic E-state index is -0.172. The average molecular weight is 293 g/mol. The van der Waals surface area contributed by atoms with Gasteiger partial charge in [-0.05, 0) is 20.8 Å². The van der Waals surface area contributed by atoms with Gasteiger partial charge >= 0.3 is 5.97 Å². The van der Waals surface area contributed by atoms with E-state index in [9.17, 15) is 4.79 Å². The highest BCUT2D eigenvalue weighted by Gasteiger charge is 2.10. The van der Waals surface area contributed by atoms with Crippen molar-refractivity contribution in [2.45, 2.75) is 39.7 Å². The van der Waals surface area contributed by atoms with Crippen LogP contribution in [0.25, 0.3) is 10.6 Å². The lowest BCUT2D eigenvalue weighted by Gasteiger charge is -2.02. The second kappa shape index (κ2) is 6.65. The van der Waals surface area contributed by atoms with Crippen LogP contribution in [-0.2, 0) is 16.0 Å². The Kier molecular flexibility index (Phi) is 4.89. The molecule has 108 valence electrons. The molecule has 0 saturated carbocycles. The van der Waals surface area contributed by atoms with Gasteiger partial charge in [-0.3, -0.25) is 9.48 Å². The van der Waals surface area contributed by atoms with Crippen LogP contribution in [0.1, 0.15) is 38.9 Å². The van der Waals surface area contributed by atoms with E-state index in [1.165, 1.54) is 0 Å². The summed E-state index contributed by atoms with van der Waals surface area (Å²) in [7, 11) is 0. The molecule has 0 radical (unpaired) electrons. The first-order chi connectivity index (χ1) is 9.60. The zero-order valence-corrected chi connectivity index (χ0v) is 12.8. The summed E-state index contributed by atoms with van der Waals surface area (Å²) < 4.78 is 6.82. The fraction of sp³-hybridized carbons (Fsp3) is 0.500. The maximum Gasteiger partial charge on any atom is 0.306 e. The molecule has 6 heteroatoms. The highest BCUT2D eigenvalue weighted by Crippen LogP contribution is 2.24. The number of esters is 1. The largest absolute Gasteiger partial charge is 0.466 e. The number of nitrogens with zero attached hydrogens (tertiary/aromatic N) is 3. The van der Waals surface area contributed by atoms with Gasteiger partial charge in [0, 0.05) is 29.6 Å². The zero-order valence-electron chi connectivity index (χ0n) is 12.0. The van der Waals surface area contributed by atoms with Crippen LogP contribution in [-0.4, -0.2) is 27.3 Å². The van der Waals surface area contributed by atoms with E-state index in [1.54, 1.807) is 11.3 Å².